The molecule has 0 aromatic carbocycles. The zero-order valence-corrected chi connectivity index (χ0v) is 11.4. The van der Waals surface area contributed by atoms with E-state index in [1.165, 1.54) is 0 Å². The quantitative estimate of drug-likeness (QED) is 0.765. The molecule has 6 nitrogen and oxygen atoms in total. The van der Waals surface area contributed by atoms with Crippen molar-refractivity contribution in [2.24, 2.45) is 5.92 Å². The van der Waals surface area contributed by atoms with Crippen LogP contribution in [0.2, 0.25) is 5.28 Å². The molecule has 0 radical (unpaired) electrons. The molecule has 0 aliphatic heterocycles. The molecule has 4 atom stereocenters. The fraction of sp³-hybridized carbons (Fsp3) is 0.583. The first-order valence-corrected chi connectivity index (χ1v) is 6.59. The first kappa shape index (κ1) is 12.8. The summed E-state index contributed by atoms with van der Waals surface area (Å²) < 4.78 is 1.78. The van der Waals surface area contributed by atoms with E-state index in [1.807, 2.05) is 13.8 Å². The van der Waals surface area contributed by atoms with E-state index in [1.54, 1.807) is 10.9 Å². The molecule has 7 heteroatoms. The van der Waals surface area contributed by atoms with Crippen LogP contribution in [0.1, 0.15) is 25.1 Å². The number of nitrogens with zero attached hydrogens (tertiary/aromatic N) is 4. The van der Waals surface area contributed by atoms with E-state index in [2.05, 4.69) is 15.0 Å². The topological polar surface area (TPSA) is 84.1 Å². The lowest BCUT2D eigenvalue weighted by molar-refractivity contribution is 0.00964. The lowest BCUT2D eigenvalue weighted by atomic mass is 10.1. The Morgan fingerprint density at radius 1 is 1.32 bits per heavy atom. The Balaban J connectivity index is 2.11. The summed E-state index contributed by atoms with van der Waals surface area (Å²) in [5, 5.41) is 20.2. The van der Waals surface area contributed by atoms with Crippen molar-refractivity contribution in [1.29, 1.82) is 0 Å². The van der Waals surface area contributed by atoms with Gasteiger partial charge in [0.25, 0.3) is 0 Å². The van der Waals surface area contributed by atoms with Crippen molar-refractivity contribution in [3.8, 4) is 0 Å². The minimum Gasteiger partial charge on any atom is -0.390 e. The van der Waals surface area contributed by atoms with Gasteiger partial charge in [0.1, 0.15) is 11.6 Å². The summed E-state index contributed by atoms with van der Waals surface area (Å²) in [4.78, 5) is 12.5. The zero-order valence-electron chi connectivity index (χ0n) is 10.7. The number of hydrogen-bond donors (Lipinski definition) is 2. The van der Waals surface area contributed by atoms with Gasteiger partial charge in [-0.1, -0.05) is 6.92 Å². The number of halogens is 1. The van der Waals surface area contributed by atoms with E-state index < -0.39 is 12.2 Å². The normalized spacial score (nSPS) is 31.2. The van der Waals surface area contributed by atoms with Gasteiger partial charge in [0.05, 0.1) is 24.2 Å². The number of rotatable bonds is 1. The van der Waals surface area contributed by atoms with Gasteiger partial charge in [0.15, 0.2) is 5.65 Å². The van der Waals surface area contributed by atoms with Gasteiger partial charge in [-0.2, -0.15) is 4.98 Å². The van der Waals surface area contributed by atoms with Crippen molar-refractivity contribution < 1.29 is 10.2 Å². The van der Waals surface area contributed by atoms with Gasteiger partial charge in [0.2, 0.25) is 5.28 Å². The minimum atomic E-state index is -0.818. The van der Waals surface area contributed by atoms with Crippen LogP contribution in [0.25, 0.3) is 11.2 Å². The Morgan fingerprint density at radius 2 is 2.05 bits per heavy atom. The highest BCUT2D eigenvalue weighted by molar-refractivity contribution is 6.28. The molecule has 1 fully saturated rings. The van der Waals surface area contributed by atoms with Crippen LogP contribution in [0, 0.1) is 12.8 Å². The van der Waals surface area contributed by atoms with E-state index in [0.717, 1.165) is 0 Å². The smallest absolute Gasteiger partial charge is 0.224 e. The Labute approximate surface area is 115 Å². The van der Waals surface area contributed by atoms with Crippen molar-refractivity contribution in [1.82, 2.24) is 19.5 Å². The van der Waals surface area contributed by atoms with E-state index in [4.69, 9.17) is 11.6 Å². The van der Waals surface area contributed by atoms with Crippen LogP contribution >= 0.6 is 11.6 Å². The second kappa shape index (κ2) is 4.40. The highest BCUT2D eigenvalue weighted by atomic mass is 35.5. The molecular weight excluding hydrogens is 268 g/mol. The van der Waals surface area contributed by atoms with Crippen LogP contribution in [-0.4, -0.2) is 41.9 Å². The minimum absolute atomic E-state index is 0.0378. The van der Waals surface area contributed by atoms with Gasteiger partial charge >= 0.3 is 0 Å². The number of imidazole rings is 1. The van der Waals surface area contributed by atoms with E-state index in [0.29, 0.717) is 23.3 Å². The molecule has 0 spiro atoms. The molecule has 0 amide bonds. The van der Waals surface area contributed by atoms with Crippen molar-refractivity contribution >= 4 is 22.8 Å². The highest BCUT2D eigenvalue weighted by Crippen LogP contribution is 2.36. The van der Waals surface area contributed by atoms with Gasteiger partial charge in [-0.25, -0.2) is 9.97 Å². The second-order valence-corrected chi connectivity index (χ2v) is 5.50. The van der Waals surface area contributed by atoms with Crippen LogP contribution in [0.4, 0.5) is 0 Å². The predicted molar refractivity (Wildman–Crippen MR) is 69.9 cm³/mol. The SMILES string of the molecule is Cc1nc(Cl)nc2c1ncn2[C@@H]1C[C@H](C)[C@@H](O)[C@H]1O. The van der Waals surface area contributed by atoms with Crippen LogP contribution in [0.5, 0.6) is 0 Å². The maximum absolute atomic E-state index is 10.1. The molecule has 1 saturated carbocycles. The van der Waals surface area contributed by atoms with Crippen molar-refractivity contribution in [2.75, 3.05) is 0 Å². The Kier molecular flexibility index (Phi) is 2.96. The summed E-state index contributed by atoms with van der Waals surface area (Å²) in [5.41, 5.74) is 1.98. The summed E-state index contributed by atoms with van der Waals surface area (Å²) >= 11 is 5.88. The molecule has 3 rings (SSSR count). The highest BCUT2D eigenvalue weighted by Gasteiger charge is 2.40. The molecule has 19 heavy (non-hydrogen) atoms. The van der Waals surface area contributed by atoms with Gasteiger partial charge in [-0.3, -0.25) is 0 Å². The number of aromatic nitrogens is 4. The number of fused-ring (bicyclic) bond motifs is 1. The fourth-order valence-electron chi connectivity index (χ4n) is 2.77. The van der Waals surface area contributed by atoms with Gasteiger partial charge < -0.3 is 14.8 Å². The third-order valence-electron chi connectivity index (χ3n) is 3.87. The Hall–Kier alpha value is -1.24. The van der Waals surface area contributed by atoms with Gasteiger partial charge in [0, 0.05) is 0 Å². The average molecular weight is 283 g/mol. The Bertz CT molecular complexity index is 629. The van der Waals surface area contributed by atoms with Crippen molar-refractivity contribution in [3.05, 3.63) is 17.3 Å². The number of aryl methyl sites for hydroxylation is 1. The number of aliphatic hydroxyl groups excluding tert-OH is 2. The second-order valence-electron chi connectivity index (χ2n) is 5.16. The molecule has 2 N–H and O–H groups in total. The van der Waals surface area contributed by atoms with Crippen molar-refractivity contribution in [3.63, 3.8) is 0 Å². The summed E-state index contributed by atoms with van der Waals surface area (Å²) in [6.45, 7) is 3.73. The molecule has 2 aromatic heterocycles. The number of hydrogen-bond acceptors (Lipinski definition) is 5. The number of aliphatic hydroxyl groups is 2. The van der Waals surface area contributed by atoms with Crippen LogP contribution in [-0.2, 0) is 0 Å². The van der Waals surface area contributed by atoms with E-state index in [9.17, 15) is 10.2 Å². The standard InChI is InChI=1S/C12H15ClN4O2/c1-5-3-7(10(19)9(5)18)17-4-14-8-6(2)15-12(13)16-11(8)17/h4-5,7,9-10,18-19H,3H2,1-2H3/t5-,7+,9+,10-/m0/s1. The third-order valence-corrected chi connectivity index (χ3v) is 4.04. The van der Waals surface area contributed by atoms with E-state index in [-0.39, 0.29) is 17.2 Å². The molecule has 0 unspecified atom stereocenters. The van der Waals surface area contributed by atoms with Crippen LogP contribution < -0.4 is 0 Å². The molecular formula is C12H15ClN4O2. The Morgan fingerprint density at radius 3 is 2.68 bits per heavy atom. The molecule has 0 saturated heterocycles. The molecule has 102 valence electrons. The van der Waals surface area contributed by atoms with Crippen LogP contribution in [0.3, 0.4) is 0 Å². The summed E-state index contributed by atoms with van der Waals surface area (Å²) in [5.74, 6) is 0.0378. The van der Waals surface area contributed by atoms with Crippen molar-refractivity contribution in [2.45, 2.75) is 38.5 Å². The van der Waals surface area contributed by atoms with Crippen LogP contribution in [0.15, 0.2) is 6.33 Å². The molecule has 1 aliphatic rings. The fourth-order valence-corrected chi connectivity index (χ4v) is 2.98. The molecule has 2 aromatic rings. The maximum Gasteiger partial charge on any atom is 0.224 e. The van der Waals surface area contributed by atoms with Gasteiger partial charge in [-0.15, -0.1) is 0 Å². The molecule has 0 bridgehead atoms. The monoisotopic (exact) mass is 282 g/mol. The predicted octanol–water partition coefficient (Wildman–Crippen LogP) is 1.09. The third kappa shape index (κ3) is 1.91. The zero-order chi connectivity index (χ0) is 13.7. The van der Waals surface area contributed by atoms with Gasteiger partial charge in [-0.05, 0) is 30.9 Å². The lowest BCUT2D eigenvalue weighted by Gasteiger charge is -2.18. The summed E-state index contributed by atoms with van der Waals surface area (Å²) in [7, 11) is 0. The largest absolute Gasteiger partial charge is 0.390 e. The van der Waals surface area contributed by atoms with E-state index >= 15 is 0 Å². The maximum atomic E-state index is 10.1. The first-order valence-electron chi connectivity index (χ1n) is 6.22. The molecule has 1 aliphatic carbocycles. The molecule has 2 heterocycles. The first-order chi connectivity index (χ1) is 8.99. The lowest BCUT2D eigenvalue weighted by Crippen LogP contribution is -2.28. The summed E-state index contributed by atoms with van der Waals surface area (Å²) in [6.07, 6.45) is 0.762. The average Bonchev–Trinajstić information content (AvgIpc) is 2.86. The summed E-state index contributed by atoms with van der Waals surface area (Å²) in [6, 6.07) is -0.236.